The van der Waals surface area contributed by atoms with Crippen molar-refractivity contribution >= 4 is 5.95 Å². The van der Waals surface area contributed by atoms with Crippen LogP contribution in [0.25, 0.3) is 0 Å². The minimum absolute atomic E-state index is 0.871. The number of allylic oxidation sites excluding steroid dienone is 2. The van der Waals surface area contributed by atoms with Gasteiger partial charge in [0.2, 0.25) is 5.95 Å². The highest BCUT2D eigenvalue weighted by molar-refractivity contribution is 5.29. The van der Waals surface area contributed by atoms with Crippen LogP contribution in [-0.4, -0.2) is 47.6 Å². The average Bonchev–Trinajstić information content (AvgIpc) is 3.12. The van der Waals surface area contributed by atoms with Gasteiger partial charge in [0.05, 0.1) is 0 Å². The number of hydrogen-bond acceptors (Lipinski definition) is 4. The first-order valence-corrected chi connectivity index (χ1v) is 7.81. The first-order chi connectivity index (χ1) is 9.88. The Morgan fingerprint density at radius 1 is 1.00 bits per heavy atom. The fourth-order valence-electron chi connectivity index (χ4n) is 4.02. The lowest BCUT2D eigenvalue weighted by atomic mass is 9.93. The van der Waals surface area contributed by atoms with Crippen LogP contribution in [0.2, 0.25) is 0 Å². The van der Waals surface area contributed by atoms with Crippen molar-refractivity contribution in [2.24, 2.45) is 17.8 Å². The number of hydrogen-bond donors (Lipinski definition) is 0. The maximum atomic E-state index is 4.35. The molecule has 0 radical (unpaired) electrons. The van der Waals surface area contributed by atoms with Crippen molar-refractivity contribution in [2.75, 3.05) is 37.6 Å². The molecule has 2 bridgehead atoms. The quantitative estimate of drug-likeness (QED) is 0.784. The van der Waals surface area contributed by atoms with Crippen LogP contribution < -0.4 is 4.90 Å². The van der Waals surface area contributed by atoms with Crippen molar-refractivity contribution in [1.29, 1.82) is 0 Å². The van der Waals surface area contributed by atoms with E-state index in [0.29, 0.717) is 0 Å². The van der Waals surface area contributed by atoms with Gasteiger partial charge in [-0.15, -0.1) is 0 Å². The first kappa shape index (κ1) is 12.3. The Bertz CT molecular complexity index is 479. The van der Waals surface area contributed by atoms with Crippen LogP contribution in [0.15, 0.2) is 30.6 Å². The number of anilines is 1. The van der Waals surface area contributed by atoms with Gasteiger partial charge in [0, 0.05) is 45.1 Å². The minimum Gasteiger partial charge on any atom is -0.338 e. The molecule has 1 aliphatic heterocycles. The Kier molecular flexibility index (Phi) is 3.19. The van der Waals surface area contributed by atoms with E-state index in [1.165, 1.54) is 19.4 Å². The van der Waals surface area contributed by atoms with Crippen molar-refractivity contribution in [2.45, 2.75) is 12.8 Å². The topological polar surface area (TPSA) is 32.3 Å². The third kappa shape index (κ3) is 2.33. The van der Waals surface area contributed by atoms with Crippen LogP contribution in [0.1, 0.15) is 12.8 Å². The van der Waals surface area contributed by atoms with E-state index in [1.807, 2.05) is 18.5 Å². The molecule has 1 aromatic heterocycles. The van der Waals surface area contributed by atoms with Gasteiger partial charge in [0.25, 0.3) is 0 Å². The van der Waals surface area contributed by atoms with Gasteiger partial charge in [0.15, 0.2) is 0 Å². The lowest BCUT2D eigenvalue weighted by molar-refractivity contribution is 0.203. The normalized spacial score (nSPS) is 33.0. The summed E-state index contributed by atoms with van der Waals surface area (Å²) < 4.78 is 0. The summed E-state index contributed by atoms with van der Waals surface area (Å²) in [6.07, 6.45) is 11.4. The molecule has 1 aromatic rings. The number of aromatic nitrogens is 2. The van der Waals surface area contributed by atoms with Crippen LogP contribution in [-0.2, 0) is 0 Å². The molecule has 3 atom stereocenters. The molecule has 20 heavy (non-hydrogen) atoms. The summed E-state index contributed by atoms with van der Waals surface area (Å²) in [6.45, 7) is 5.70. The minimum atomic E-state index is 0.871. The molecule has 106 valence electrons. The summed E-state index contributed by atoms with van der Waals surface area (Å²) in [5.74, 6) is 3.55. The second-order valence-electron chi connectivity index (χ2n) is 6.38. The molecule has 4 nitrogen and oxygen atoms in total. The summed E-state index contributed by atoms with van der Waals surface area (Å²) >= 11 is 0. The Balaban J connectivity index is 1.31. The highest BCUT2D eigenvalue weighted by atomic mass is 15.3. The van der Waals surface area contributed by atoms with E-state index < -0.39 is 0 Å². The molecular formula is C16H22N4. The number of rotatable bonds is 3. The monoisotopic (exact) mass is 270 g/mol. The van der Waals surface area contributed by atoms with Crippen molar-refractivity contribution in [3.63, 3.8) is 0 Å². The summed E-state index contributed by atoms with van der Waals surface area (Å²) in [6, 6.07) is 1.88. The Morgan fingerprint density at radius 3 is 2.45 bits per heavy atom. The summed E-state index contributed by atoms with van der Waals surface area (Å²) in [7, 11) is 0. The van der Waals surface area contributed by atoms with Gasteiger partial charge >= 0.3 is 0 Å². The van der Waals surface area contributed by atoms with Crippen LogP contribution in [0.3, 0.4) is 0 Å². The van der Waals surface area contributed by atoms with Crippen molar-refractivity contribution in [3.05, 3.63) is 30.6 Å². The Hall–Kier alpha value is -1.42. The summed E-state index contributed by atoms with van der Waals surface area (Å²) in [5.41, 5.74) is 0. The fraction of sp³-hybridized carbons (Fsp3) is 0.625. The fourth-order valence-corrected chi connectivity index (χ4v) is 4.02. The van der Waals surface area contributed by atoms with E-state index in [9.17, 15) is 0 Å². The van der Waals surface area contributed by atoms with E-state index in [0.717, 1.165) is 49.9 Å². The molecule has 1 saturated heterocycles. The van der Waals surface area contributed by atoms with Crippen molar-refractivity contribution < 1.29 is 0 Å². The molecule has 2 heterocycles. The van der Waals surface area contributed by atoms with Crippen LogP contribution in [0.5, 0.6) is 0 Å². The summed E-state index contributed by atoms with van der Waals surface area (Å²) in [5, 5.41) is 0. The maximum Gasteiger partial charge on any atom is 0.225 e. The second kappa shape index (κ2) is 5.17. The lowest BCUT2D eigenvalue weighted by Crippen LogP contribution is -2.48. The third-order valence-electron chi connectivity index (χ3n) is 5.12. The largest absolute Gasteiger partial charge is 0.338 e. The van der Waals surface area contributed by atoms with Crippen LogP contribution in [0, 0.1) is 17.8 Å². The van der Waals surface area contributed by atoms with Gasteiger partial charge in [-0.1, -0.05) is 12.2 Å². The SMILES string of the molecule is C1=C[C@H]2C[C@H]1C[C@@H]2CN1CCN(c2ncccn2)CC1. The third-order valence-corrected chi connectivity index (χ3v) is 5.12. The zero-order valence-electron chi connectivity index (χ0n) is 11.9. The van der Waals surface area contributed by atoms with Crippen molar-refractivity contribution in [1.82, 2.24) is 14.9 Å². The molecule has 0 N–H and O–H groups in total. The molecule has 2 aliphatic carbocycles. The van der Waals surface area contributed by atoms with Gasteiger partial charge in [0.1, 0.15) is 0 Å². The van der Waals surface area contributed by atoms with E-state index in [-0.39, 0.29) is 0 Å². The van der Waals surface area contributed by atoms with E-state index in [2.05, 4.69) is 31.9 Å². The van der Waals surface area contributed by atoms with Crippen molar-refractivity contribution in [3.8, 4) is 0 Å². The zero-order chi connectivity index (χ0) is 13.4. The lowest BCUT2D eigenvalue weighted by Gasteiger charge is -2.36. The van der Waals surface area contributed by atoms with Crippen LogP contribution in [0.4, 0.5) is 5.95 Å². The number of fused-ring (bicyclic) bond motifs is 2. The maximum absolute atomic E-state index is 4.35. The standard InChI is InChI=1S/C16H22N4/c1-4-17-16(18-5-1)20-8-6-19(7-9-20)12-15-11-13-2-3-14(15)10-13/h1-5,13-15H,6-12H2/t13-,14-,15+/m0/s1. The van der Waals surface area contributed by atoms with Gasteiger partial charge in [-0.25, -0.2) is 9.97 Å². The van der Waals surface area contributed by atoms with Crippen LogP contribution >= 0.6 is 0 Å². The van der Waals surface area contributed by atoms with Gasteiger partial charge < -0.3 is 4.90 Å². The first-order valence-electron chi connectivity index (χ1n) is 7.81. The molecule has 4 rings (SSSR count). The van der Waals surface area contributed by atoms with Gasteiger partial charge in [-0.05, 0) is 36.7 Å². The Morgan fingerprint density at radius 2 is 1.80 bits per heavy atom. The molecule has 4 heteroatoms. The molecule has 0 amide bonds. The van der Waals surface area contributed by atoms with E-state index in [4.69, 9.17) is 0 Å². The average molecular weight is 270 g/mol. The zero-order valence-corrected chi connectivity index (χ0v) is 11.9. The molecule has 0 unspecified atom stereocenters. The predicted molar refractivity (Wildman–Crippen MR) is 79.5 cm³/mol. The molecule has 3 aliphatic rings. The smallest absolute Gasteiger partial charge is 0.225 e. The van der Waals surface area contributed by atoms with E-state index >= 15 is 0 Å². The summed E-state index contributed by atoms with van der Waals surface area (Å²) in [4.78, 5) is 13.6. The Labute approximate surface area is 120 Å². The highest BCUT2D eigenvalue weighted by Gasteiger charge is 2.36. The molecule has 0 spiro atoms. The number of nitrogens with zero attached hydrogens (tertiary/aromatic N) is 4. The molecule has 0 aromatic carbocycles. The van der Waals surface area contributed by atoms with Gasteiger partial charge in [-0.2, -0.15) is 0 Å². The number of piperazine rings is 1. The molecular weight excluding hydrogens is 248 g/mol. The van der Waals surface area contributed by atoms with E-state index in [1.54, 1.807) is 0 Å². The molecule has 1 saturated carbocycles. The predicted octanol–water partition coefficient (Wildman–Crippen LogP) is 1.81. The second-order valence-corrected chi connectivity index (χ2v) is 6.38. The molecule has 2 fully saturated rings. The van der Waals surface area contributed by atoms with Gasteiger partial charge in [-0.3, -0.25) is 4.90 Å². The highest BCUT2D eigenvalue weighted by Crippen LogP contribution is 2.43.